The van der Waals surface area contributed by atoms with E-state index in [0.29, 0.717) is 12.6 Å². The van der Waals surface area contributed by atoms with E-state index >= 15 is 0 Å². The van der Waals surface area contributed by atoms with Crippen molar-refractivity contribution >= 4 is 5.91 Å². The van der Waals surface area contributed by atoms with Crippen LogP contribution >= 0.6 is 0 Å². The van der Waals surface area contributed by atoms with E-state index in [2.05, 4.69) is 24.5 Å². The number of carbonyl (C=O) groups excluding carboxylic acids is 1. The van der Waals surface area contributed by atoms with Gasteiger partial charge >= 0.3 is 0 Å². The van der Waals surface area contributed by atoms with Crippen molar-refractivity contribution in [1.29, 1.82) is 0 Å². The average Bonchev–Trinajstić information content (AvgIpc) is 2.84. The predicted molar refractivity (Wildman–Crippen MR) is 72.0 cm³/mol. The fourth-order valence-corrected chi connectivity index (χ4v) is 2.39. The first kappa shape index (κ1) is 14.5. The summed E-state index contributed by atoms with van der Waals surface area (Å²) in [5.74, 6) is 1.07. The van der Waals surface area contributed by atoms with Crippen molar-refractivity contribution in [1.82, 2.24) is 10.6 Å². The lowest BCUT2D eigenvalue weighted by Crippen LogP contribution is -2.38. The molecule has 1 aliphatic rings. The first-order chi connectivity index (χ1) is 8.22. The summed E-state index contributed by atoms with van der Waals surface area (Å²) in [6, 6.07) is 0.430. The summed E-state index contributed by atoms with van der Waals surface area (Å²) in [4.78, 5) is 11.5. The molecule has 0 aliphatic heterocycles. The van der Waals surface area contributed by atoms with Crippen molar-refractivity contribution in [2.75, 3.05) is 13.1 Å². The van der Waals surface area contributed by atoms with Gasteiger partial charge in [0.25, 0.3) is 0 Å². The summed E-state index contributed by atoms with van der Waals surface area (Å²) in [5.41, 5.74) is 0. The molecule has 17 heavy (non-hydrogen) atoms. The maximum atomic E-state index is 11.5. The standard InChI is InChI=1S/C14H28N2O/c1-3-12(2)16-11-14(17)15-10-6-9-13-7-4-5-8-13/h12-13,16H,3-11H2,1-2H3,(H,15,17). The van der Waals surface area contributed by atoms with E-state index in [-0.39, 0.29) is 5.91 Å². The number of rotatable bonds is 8. The van der Waals surface area contributed by atoms with Crippen LogP contribution in [0.2, 0.25) is 0 Å². The van der Waals surface area contributed by atoms with Gasteiger partial charge in [0.2, 0.25) is 5.91 Å². The molecule has 1 saturated carbocycles. The van der Waals surface area contributed by atoms with Crippen LogP contribution in [0.5, 0.6) is 0 Å². The second-order valence-corrected chi connectivity index (χ2v) is 5.33. The summed E-state index contributed by atoms with van der Waals surface area (Å²) in [5, 5.41) is 6.19. The highest BCUT2D eigenvalue weighted by Crippen LogP contribution is 2.28. The van der Waals surface area contributed by atoms with E-state index in [0.717, 1.165) is 25.3 Å². The molecule has 2 N–H and O–H groups in total. The zero-order valence-corrected chi connectivity index (χ0v) is 11.4. The highest BCUT2D eigenvalue weighted by atomic mass is 16.1. The molecular weight excluding hydrogens is 212 g/mol. The minimum absolute atomic E-state index is 0.136. The van der Waals surface area contributed by atoms with Crippen LogP contribution in [0.25, 0.3) is 0 Å². The maximum absolute atomic E-state index is 11.5. The molecule has 0 aromatic carbocycles. The van der Waals surface area contributed by atoms with Crippen molar-refractivity contribution in [2.45, 2.75) is 64.8 Å². The van der Waals surface area contributed by atoms with Crippen LogP contribution in [-0.2, 0) is 4.79 Å². The molecule has 0 radical (unpaired) electrons. The lowest BCUT2D eigenvalue weighted by atomic mass is 10.0. The van der Waals surface area contributed by atoms with Crippen molar-refractivity contribution in [2.24, 2.45) is 5.92 Å². The van der Waals surface area contributed by atoms with Crippen LogP contribution < -0.4 is 10.6 Å². The summed E-state index contributed by atoms with van der Waals surface area (Å²) < 4.78 is 0. The van der Waals surface area contributed by atoms with Crippen LogP contribution in [0, 0.1) is 5.92 Å². The largest absolute Gasteiger partial charge is 0.355 e. The first-order valence-corrected chi connectivity index (χ1v) is 7.22. The van der Waals surface area contributed by atoms with Crippen molar-refractivity contribution in [3.63, 3.8) is 0 Å². The van der Waals surface area contributed by atoms with Crippen LogP contribution in [0.4, 0.5) is 0 Å². The van der Waals surface area contributed by atoms with Gasteiger partial charge in [0.1, 0.15) is 0 Å². The summed E-state index contributed by atoms with van der Waals surface area (Å²) in [7, 11) is 0. The smallest absolute Gasteiger partial charge is 0.233 e. The van der Waals surface area contributed by atoms with Gasteiger partial charge in [-0.1, -0.05) is 32.6 Å². The number of carbonyl (C=O) groups is 1. The van der Waals surface area contributed by atoms with Crippen LogP contribution in [0.15, 0.2) is 0 Å². The van der Waals surface area contributed by atoms with E-state index in [9.17, 15) is 4.79 Å². The highest BCUT2D eigenvalue weighted by Gasteiger charge is 2.14. The Labute approximate surface area is 106 Å². The summed E-state index contributed by atoms with van der Waals surface area (Å²) >= 11 is 0. The van der Waals surface area contributed by atoms with E-state index < -0.39 is 0 Å². The molecule has 1 amide bonds. The van der Waals surface area contributed by atoms with Crippen molar-refractivity contribution < 1.29 is 4.79 Å². The van der Waals surface area contributed by atoms with Gasteiger partial charge in [-0.15, -0.1) is 0 Å². The Kier molecular flexibility index (Phi) is 7.25. The molecule has 1 aliphatic carbocycles. The minimum atomic E-state index is 0.136. The van der Waals surface area contributed by atoms with Crippen LogP contribution in [-0.4, -0.2) is 25.0 Å². The van der Waals surface area contributed by atoms with E-state index in [1.165, 1.54) is 32.1 Å². The molecule has 0 saturated heterocycles. The third kappa shape index (κ3) is 6.67. The molecule has 100 valence electrons. The summed E-state index contributed by atoms with van der Waals surface area (Å²) in [6.45, 7) is 5.53. The van der Waals surface area contributed by atoms with Crippen LogP contribution in [0.1, 0.15) is 58.8 Å². The fraction of sp³-hybridized carbons (Fsp3) is 0.929. The van der Waals surface area contributed by atoms with Gasteiger partial charge in [-0.2, -0.15) is 0 Å². The Balaban J connectivity index is 1.92. The van der Waals surface area contributed by atoms with Gasteiger partial charge in [0.15, 0.2) is 0 Å². The first-order valence-electron chi connectivity index (χ1n) is 7.22. The normalized spacial score (nSPS) is 18.2. The van der Waals surface area contributed by atoms with Gasteiger partial charge in [-0.3, -0.25) is 4.79 Å². The fourth-order valence-electron chi connectivity index (χ4n) is 2.39. The lowest BCUT2D eigenvalue weighted by Gasteiger charge is -2.12. The molecule has 0 aromatic heterocycles. The van der Waals surface area contributed by atoms with Crippen LogP contribution in [0.3, 0.4) is 0 Å². The minimum Gasteiger partial charge on any atom is -0.355 e. The van der Waals surface area contributed by atoms with E-state index in [1.54, 1.807) is 0 Å². The second kappa shape index (κ2) is 8.51. The molecule has 3 heteroatoms. The number of hydrogen-bond donors (Lipinski definition) is 2. The van der Waals surface area contributed by atoms with Crippen molar-refractivity contribution in [3.8, 4) is 0 Å². The topological polar surface area (TPSA) is 41.1 Å². The lowest BCUT2D eigenvalue weighted by molar-refractivity contribution is -0.120. The molecule has 1 fully saturated rings. The molecule has 1 rings (SSSR count). The Morgan fingerprint density at radius 3 is 2.71 bits per heavy atom. The van der Waals surface area contributed by atoms with Gasteiger partial charge < -0.3 is 10.6 Å². The molecule has 3 nitrogen and oxygen atoms in total. The molecule has 0 bridgehead atoms. The quantitative estimate of drug-likeness (QED) is 0.640. The molecule has 1 unspecified atom stereocenters. The van der Waals surface area contributed by atoms with Gasteiger partial charge in [-0.25, -0.2) is 0 Å². The Morgan fingerprint density at radius 2 is 2.06 bits per heavy atom. The number of nitrogens with one attached hydrogen (secondary N) is 2. The zero-order chi connectivity index (χ0) is 12.5. The monoisotopic (exact) mass is 240 g/mol. The highest BCUT2D eigenvalue weighted by molar-refractivity contribution is 5.77. The Morgan fingerprint density at radius 1 is 1.35 bits per heavy atom. The second-order valence-electron chi connectivity index (χ2n) is 5.33. The van der Waals surface area contributed by atoms with E-state index in [4.69, 9.17) is 0 Å². The van der Waals surface area contributed by atoms with Gasteiger partial charge in [0, 0.05) is 12.6 Å². The molecule has 0 heterocycles. The Hall–Kier alpha value is -0.570. The molecule has 0 spiro atoms. The van der Waals surface area contributed by atoms with Gasteiger partial charge in [0.05, 0.1) is 6.54 Å². The maximum Gasteiger partial charge on any atom is 0.233 e. The van der Waals surface area contributed by atoms with Gasteiger partial charge in [-0.05, 0) is 32.1 Å². The zero-order valence-electron chi connectivity index (χ0n) is 11.4. The third-order valence-electron chi connectivity index (χ3n) is 3.81. The SMILES string of the molecule is CCC(C)NCC(=O)NCCCC1CCCC1. The Bertz CT molecular complexity index is 212. The third-order valence-corrected chi connectivity index (χ3v) is 3.81. The number of amides is 1. The van der Waals surface area contributed by atoms with E-state index in [1.807, 2.05) is 0 Å². The van der Waals surface area contributed by atoms with Crippen molar-refractivity contribution in [3.05, 3.63) is 0 Å². The number of hydrogen-bond acceptors (Lipinski definition) is 2. The molecular formula is C14H28N2O. The summed E-state index contributed by atoms with van der Waals surface area (Å²) in [6.07, 6.45) is 9.13. The average molecular weight is 240 g/mol. The molecule has 1 atom stereocenters. The predicted octanol–water partition coefficient (Wildman–Crippen LogP) is 2.46. The molecule has 0 aromatic rings.